The zero-order valence-electron chi connectivity index (χ0n) is 13.1. The molecule has 3 rings (SSSR count). The Bertz CT molecular complexity index is 703. The van der Waals surface area contributed by atoms with Crippen LogP contribution in [0.1, 0.15) is 50.2 Å². The predicted molar refractivity (Wildman–Crippen MR) is 89.4 cm³/mol. The Morgan fingerprint density at radius 2 is 1.95 bits per heavy atom. The van der Waals surface area contributed by atoms with E-state index in [9.17, 15) is 9.59 Å². The van der Waals surface area contributed by atoms with Crippen LogP contribution in [0.3, 0.4) is 0 Å². The van der Waals surface area contributed by atoms with Gasteiger partial charge in [-0.15, -0.1) is 0 Å². The summed E-state index contributed by atoms with van der Waals surface area (Å²) in [4.78, 5) is 24.8. The number of rotatable bonds is 1. The number of hydrogen-bond donors (Lipinski definition) is 1. The summed E-state index contributed by atoms with van der Waals surface area (Å²) in [5, 5.41) is 2.94. The number of aryl methyl sites for hydroxylation is 1. The second-order valence-electron chi connectivity index (χ2n) is 7.15. The summed E-state index contributed by atoms with van der Waals surface area (Å²) in [7, 11) is 0. The molecule has 0 bridgehead atoms. The SMILES string of the molecule is Cc1ccc(C2CC(=O)NC3=C2C(=O)CC(C)(C)C3)cc1Br. The Labute approximate surface area is 139 Å². The highest BCUT2D eigenvalue weighted by Crippen LogP contribution is 2.44. The molecule has 1 heterocycles. The zero-order valence-corrected chi connectivity index (χ0v) is 14.7. The van der Waals surface area contributed by atoms with Crippen molar-refractivity contribution < 1.29 is 9.59 Å². The van der Waals surface area contributed by atoms with Gasteiger partial charge >= 0.3 is 0 Å². The number of carbonyl (C=O) groups excluding carboxylic acids is 2. The third-order valence-electron chi connectivity index (χ3n) is 4.55. The number of Topliss-reactive ketones (excluding diaryl/α,β-unsaturated/α-hetero) is 1. The van der Waals surface area contributed by atoms with Crippen LogP contribution < -0.4 is 5.32 Å². The lowest BCUT2D eigenvalue weighted by Crippen LogP contribution is -2.40. The number of allylic oxidation sites excluding steroid dienone is 2. The van der Waals surface area contributed by atoms with Crippen molar-refractivity contribution in [3.05, 3.63) is 45.1 Å². The fourth-order valence-electron chi connectivity index (χ4n) is 3.47. The van der Waals surface area contributed by atoms with Gasteiger partial charge in [-0.2, -0.15) is 0 Å². The van der Waals surface area contributed by atoms with Crippen molar-refractivity contribution in [1.29, 1.82) is 0 Å². The van der Waals surface area contributed by atoms with Crippen LogP contribution in [0.4, 0.5) is 0 Å². The Hall–Kier alpha value is -1.42. The number of benzene rings is 1. The van der Waals surface area contributed by atoms with Crippen molar-refractivity contribution in [2.24, 2.45) is 5.41 Å². The lowest BCUT2D eigenvalue weighted by Gasteiger charge is -2.37. The van der Waals surface area contributed by atoms with Gasteiger partial charge in [0.2, 0.25) is 5.91 Å². The minimum Gasteiger partial charge on any atom is -0.329 e. The highest BCUT2D eigenvalue weighted by Gasteiger charge is 2.40. The maximum Gasteiger partial charge on any atom is 0.225 e. The van der Waals surface area contributed by atoms with Gasteiger partial charge in [-0.25, -0.2) is 0 Å². The van der Waals surface area contributed by atoms with Crippen LogP contribution >= 0.6 is 15.9 Å². The van der Waals surface area contributed by atoms with E-state index in [4.69, 9.17) is 0 Å². The van der Waals surface area contributed by atoms with Gasteiger partial charge in [0, 0.05) is 34.5 Å². The maximum atomic E-state index is 12.7. The van der Waals surface area contributed by atoms with Gasteiger partial charge < -0.3 is 5.32 Å². The van der Waals surface area contributed by atoms with Crippen LogP contribution in [0.5, 0.6) is 0 Å². The fraction of sp³-hybridized carbons (Fsp3) is 0.444. The summed E-state index contributed by atoms with van der Waals surface area (Å²) in [5.74, 6) is 0.0585. The van der Waals surface area contributed by atoms with Gasteiger partial charge in [-0.05, 0) is 36.0 Å². The minimum absolute atomic E-state index is 0.00551. The molecule has 0 spiro atoms. The zero-order chi connectivity index (χ0) is 16.1. The third-order valence-corrected chi connectivity index (χ3v) is 5.40. The summed E-state index contributed by atoms with van der Waals surface area (Å²) in [6.45, 7) is 6.18. The Morgan fingerprint density at radius 1 is 1.23 bits per heavy atom. The molecule has 0 radical (unpaired) electrons. The maximum absolute atomic E-state index is 12.7. The summed E-state index contributed by atoms with van der Waals surface area (Å²) in [5.41, 5.74) is 3.75. The van der Waals surface area contributed by atoms with E-state index in [0.717, 1.165) is 33.3 Å². The van der Waals surface area contributed by atoms with Crippen LogP contribution in [0.15, 0.2) is 33.9 Å². The van der Waals surface area contributed by atoms with Crippen molar-refractivity contribution in [3.63, 3.8) is 0 Å². The average molecular weight is 362 g/mol. The van der Waals surface area contributed by atoms with Crippen molar-refractivity contribution in [3.8, 4) is 0 Å². The molecule has 1 atom stereocenters. The van der Waals surface area contributed by atoms with Crippen molar-refractivity contribution in [2.75, 3.05) is 0 Å². The van der Waals surface area contributed by atoms with Crippen LogP contribution in [0.2, 0.25) is 0 Å². The molecule has 1 aromatic rings. The number of hydrogen-bond acceptors (Lipinski definition) is 2. The normalized spacial score (nSPS) is 24.1. The molecule has 0 saturated heterocycles. The molecule has 4 heteroatoms. The van der Waals surface area contributed by atoms with E-state index in [1.165, 1.54) is 0 Å². The van der Waals surface area contributed by atoms with Gasteiger partial charge in [0.15, 0.2) is 5.78 Å². The van der Waals surface area contributed by atoms with Gasteiger partial charge in [0.1, 0.15) is 0 Å². The molecule has 0 fully saturated rings. The highest BCUT2D eigenvalue weighted by atomic mass is 79.9. The lowest BCUT2D eigenvalue weighted by molar-refractivity contribution is -0.122. The average Bonchev–Trinajstić information content (AvgIpc) is 2.39. The number of amides is 1. The van der Waals surface area contributed by atoms with Crippen LogP contribution in [-0.4, -0.2) is 11.7 Å². The molecule has 1 N–H and O–H groups in total. The smallest absolute Gasteiger partial charge is 0.225 e. The molecular formula is C18H20BrNO2. The third kappa shape index (κ3) is 2.76. The predicted octanol–water partition coefficient (Wildman–Crippen LogP) is 4.00. The molecule has 1 aliphatic heterocycles. The first-order valence-electron chi connectivity index (χ1n) is 7.59. The van der Waals surface area contributed by atoms with E-state index >= 15 is 0 Å². The number of nitrogens with one attached hydrogen (secondary N) is 1. The first-order valence-corrected chi connectivity index (χ1v) is 8.38. The lowest BCUT2D eigenvalue weighted by atomic mass is 9.70. The van der Waals surface area contributed by atoms with E-state index in [1.807, 2.05) is 25.1 Å². The van der Waals surface area contributed by atoms with E-state index in [2.05, 4.69) is 35.1 Å². The molecule has 22 heavy (non-hydrogen) atoms. The molecule has 3 nitrogen and oxygen atoms in total. The number of ketones is 1. The van der Waals surface area contributed by atoms with Crippen LogP contribution in [-0.2, 0) is 9.59 Å². The standard InChI is InChI=1S/C18H20BrNO2/c1-10-4-5-11(6-13(10)19)12-7-16(22)20-14-8-18(2,3)9-15(21)17(12)14/h4-6,12H,7-9H2,1-3H3,(H,20,22). The first kappa shape index (κ1) is 15.5. The summed E-state index contributed by atoms with van der Waals surface area (Å²) in [6, 6.07) is 6.10. The van der Waals surface area contributed by atoms with Gasteiger partial charge in [-0.1, -0.05) is 41.9 Å². The molecular weight excluding hydrogens is 342 g/mol. The summed E-state index contributed by atoms with van der Waals surface area (Å²) < 4.78 is 1.02. The van der Waals surface area contributed by atoms with Crippen molar-refractivity contribution in [1.82, 2.24) is 5.32 Å². The van der Waals surface area contributed by atoms with Crippen molar-refractivity contribution in [2.45, 2.75) is 46.0 Å². The van der Waals surface area contributed by atoms with Gasteiger partial charge in [0.25, 0.3) is 0 Å². The largest absolute Gasteiger partial charge is 0.329 e. The molecule has 1 aromatic carbocycles. The second-order valence-corrected chi connectivity index (χ2v) is 8.00. The Kier molecular flexibility index (Phi) is 3.76. The highest BCUT2D eigenvalue weighted by molar-refractivity contribution is 9.10. The molecule has 0 saturated carbocycles. The molecule has 1 amide bonds. The second kappa shape index (κ2) is 5.34. The minimum atomic E-state index is -0.121. The first-order chi connectivity index (χ1) is 10.3. The van der Waals surface area contributed by atoms with E-state index < -0.39 is 0 Å². The van der Waals surface area contributed by atoms with E-state index in [1.54, 1.807) is 0 Å². The molecule has 1 unspecified atom stereocenters. The van der Waals surface area contributed by atoms with Crippen LogP contribution in [0.25, 0.3) is 0 Å². The molecule has 0 aromatic heterocycles. The van der Waals surface area contributed by atoms with Gasteiger partial charge in [0.05, 0.1) is 0 Å². The summed E-state index contributed by atoms with van der Waals surface area (Å²) in [6.07, 6.45) is 1.65. The van der Waals surface area contributed by atoms with E-state index in [-0.39, 0.29) is 23.0 Å². The molecule has 1 aliphatic carbocycles. The Balaban J connectivity index is 2.08. The quantitative estimate of drug-likeness (QED) is 0.821. The van der Waals surface area contributed by atoms with Crippen molar-refractivity contribution >= 4 is 27.6 Å². The van der Waals surface area contributed by atoms with Gasteiger partial charge in [-0.3, -0.25) is 9.59 Å². The number of carbonyl (C=O) groups is 2. The number of halogens is 1. The molecule has 116 valence electrons. The molecule has 2 aliphatic rings. The topological polar surface area (TPSA) is 46.2 Å². The van der Waals surface area contributed by atoms with E-state index in [0.29, 0.717) is 12.8 Å². The Morgan fingerprint density at radius 3 is 2.64 bits per heavy atom. The van der Waals surface area contributed by atoms with Crippen LogP contribution in [0, 0.1) is 12.3 Å². The summed E-state index contributed by atoms with van der Waals surface area (Å²) >= 11 is 3.55. The monoisotopic (exact) mass is 361 g/mol. The fourth-order valence-corrected chi connectivity index (χ4v) is 3.86.